The molecule has 130 valence electrons. The summed E-state index contributed by atoms with van der Waals surface area (Å²) < 4.78 is 10.0. The van der Waals surface area contributed by atoms with Gasteiger partial charge in [-0.2, -0.15) is 5.10 Å². The first-order valence-electron chi connectivity index (χ1n) is 7.20. The number of aromatic hydroxyl groups is 1. The highest BCUT2D eigenvalue weighted by Gasteiger charge is 2.15. The zero-order chi connectivity index (χ0) is 18.2. The number of amides is 2. The topological polar surface area (TPSA) is 109 Å². The lowest BCUT2D eigenvalue weighted by molar-refractivity contribution is -0.136. The van der Waals surface area contributed by atoms with Gasteiger partial charge in [0.25, 0.3) is 0 Å². The fourth-order valence-electron chi connectivity index (χ4n) is 1.95. The highest BCUT2D eigenvalue weighted by molar-refractivity contribution is 6.39. The van der Waals surface area contributed by atoms with Crippen LogP contribution in [-0.4, -0.2) is 37.4 Å². The van der Waals surface area contributed by atoms with Crippen molar-refractivity contribution in [1.29, 1.82) is 0 Å². The van der Waals surface area contributed by atoms with Gasteiger partial charge in [-0.15, -0.1) is 0 Å². The van der Waals surface area contributed by atoms with Crippen LogP contribution in [0.25, 0.3) is 0 Å². The third kappa shape index (κ3) is 4.47. The Morgan fingerprint density at radius 1 is 1.00 bits per heavy atom. The van der Waals surface area contributed by atoms with E-state index >= 15 is 0 Å². The normalized spacial score (nSPS) is 10.3. The third-order valence-electron chi connectivity index (χ3n) is 3.18. The smallest absolute Gasteiger partial charge is 0.329 e. The first-order chi connectivity index (χ1) is 12.1. The predicted molar refractivity (Wildman–Crippen MR) is 92.0 cm³/mol. The van der Waals surface area contributed by atoms with Gasteiger partial charge in [0.2, 0.25) is 0 Å². The minimum absolute atomic E-state index is 0.124. The molecule has 0 aromatic heterocycles. The molecule has 0 aliphatic heterocycles. The van der Waals surface area contributed by atoms with E-state index in [0.29, 0.717) is 17.0 Å². The van der Waals surface area contributed by atoms with Crippen molar-refractivity contribution in [1.82, 2.24) is 5.43 Å². The molecule has 0 bridgehead atoms. The molecule has 25 heavy (non-hydrogen) atoms. The van der Waals surface area contributed by atoms with Gasteiger partial charge in [0, 0.05) is 5.56 Å². The minimum Gasteiger partial charge on any atom is -0.504 e. The summed E-state index contributed by atoms with van der Waals surface area (Å²) in [5, 5.41) is 16.0. The van der Waals surface area contributed by atoms with E-state index in [1.165, 1.54) is 20.4 Å². The average Bonchev–Trinajstić information content (AvgIpc) is 2.63. The maximum absolute atomic E-state index is 11.9. The Hall–Kier alpha value is -3.55. The molecule has 0 saturated carbocycles. The first-order valence-corrected chi connectivity index (χ1v) is 7.20. The Morgan fingerprint density at radius 3 is 2.40 bits per heavy atom. The second-order valence-corrected chi connectivity index (χ2v) is 4.75. The summed E-state index contributed by atoms with van der Waals surface area (Å²) in [6.45, 7) is 0. The van der Waals surface area contributed by atoms with Crippen LogP contribution >= 0.6 is 0 Å². The molecule has 2 aromatic carbocycles. The molecule has 2 aromatic rings. The van der Waals surface area contributed by atoms with Gasteiger partial charge in [-0.25, -0.2) is 5.43 Å². The van der Waals surface area contributed by atoms with Crippen LogP contribution in [0.2, 0.25) is 0 Å². The second-order valence-electron chi connectivity index (χ2n) is 4.75. The van der Waals surface area contributed by atoms with Gasteiger partial charge in [-0.05, 0) is 24.3 Å². The standard InChI is InChI=1S/C17H17N3O5/c1-24-13-8-4-3-7-12(13)19-16(22)17(23)20-18-10-11-6-5-9-14(25-2)15(11)21/h3-10,21H,1-2H3,(H,19,22)(H,20,23)/b18-10+. The van der Waals surface area contributed by atoms with E-state index in [0.717, 1.165) is 0 Å². The number of benzene rings is 2. The molecule has 8 heteroatoms. The number of nitrogens with one attached hydrogen (secondary N) is 2. The predicted octanol–water partition coefficient (Wildman–Crippen LogP) is 1.50. The van der Waals surface area contributed by atoms with Crippen LogP contribution in [-0.2, 0) is 9.59 Å². The Balaban J connectivity index is 1.99. The van der Waals surface area contributed by atoms with Crippen LogP contribution < -0.4 is 20.2 Å². The molecule has 2 rings (SSSR count). The number of hydrazone groups is 1. The molecule has 0 radical (unpaired) electrons. The van der Waals surface area contributed by atoms with Crippen LogP contribution in [0, 0.1) is 0 Å². The monoisotopic (exact) mass is 343 g/mol. The van der Waals surface area contributed by atoms with Crippen molar-refractivity contribution >= 4 is 23.7 Å². The van der Waals surface area contributed by atoms with Crippen molar-refractivity contribution in [2.75, 3.05) is 19.5 Å². The highest BCUT2D eigenvalue weighted by atomic mass is 16.5. The average molecular weight is 343 g/mol. The van der Waals surface area contributed by atoms with E-state index in [9.17, 15) is 14.7 Å². The molecule has 3 N–H and O–H groups in total. The largest absolute Gasteiger partial charge is 0.504 e. The number of hydrogen-bond acceptors (Lipinski definition) is 6. The molecular weight excluding hydrogens is 326 g/mol. The number of nitrogens with zero attached hydrogens (tertiary/aromatic N) is 1. The zero-order valence-electron chi connectivity index (χ0n) is 13.6. The molecule has 2 amide bonds. The molecule has 8 nitrogen and oxygen atoms in total. The number of methoxy groups -OCH3 is 2. The zero-order valence-corrected chi connectivity index (χ0v) is 13.6. The summed E-state index contributed by atoms with van der Waals surface area (Å²) in [5.74, 6) is -1.31. The van der Waals surface area contributed by atoms with Gasteiger partial charge in [0.15, 0.2) is 11.5 Å². The summed E-state index contributed by atoms with van der Waals surface area (Å²) in [7, 11) is 2.87. The number of hydrogen-bond donors (Lipinski definition) is 3. The van der Waals surface area contributed by atoms with E-state index in [4.69, 9.17) is 9.47 Å². The number of carbonyl (C=O) groups excluding carboxylic acids is 2. The summed E-state index contributed by atoms with van der Waals surface area (Å²) >= 11 is 0. The Bertz CT molecular complexity index is 805. The molecule has 0 spiro atoms. The van der Waals surface area contributed by atoms with Gasteiger partial charge < -0.3 is 19.9 Å². The molecule has 0 aliphatic rings. The van der Waals surface area contributed by atoms with Crippen LogP contribution in [0.5, 0.6) is 17.2 Å². The van der Waals surface area contributed by atoms with E-state index in [-0.39, 0.29) is 11.5 Å². The van der Waals surface area contributed by atoms with Crippen LogP contribution in [0.1, 0.15) is 5.56 Å². The van der Waals surface area contributed by atoms with E-state index in [1.54, 1.807) is 42.5 Å². The van der Waals surface area contributed by atoms with E-state index < -0.39 is 11.8 Å². The van der Waals surface area contributed by atoms with Crippen LogP contribution in [0.4, 0.5) is 5.69 Å². The fraction of sp³-hybridized carbons (Fsp3) is 0.118. The third-order valence-corrected chi connectivity index (χ3v) is 3.18. The lowest BCUT2D eigenvalue weighted by Gasteiger charge is -2.08. The summed E-state index contributed by atoms with van der Waals surface area (Å²) in [6.07, 6.45) is 1.20. The lowest BCUT2D eigenvalue weighted by atomic mass is 10.2. The van der Waals surface area contributed by atoms with Crippen molar-refractivity contribution in [3.63, 3.8) is 0 Å². The Kier molecular flexibility index (Phi) is 5.94. The molecule has 0 atom stereocenters. The van der Waals surface area contributed by atoms with E-state index in [1.807, 2.05) is 0 Å². The van der Waals surface area contributed by atoms with Crippen LogP contribution in [0.3, 0.4) is 0 Å². The maximum atomic E-state index is 11.9. The number of carbonyl (C=O) groups is 2. The summed E-state index contributed by atoms with van der Waals surface area (Å²) in [4.78, 5) is 23.6. The number of phenolic OH excluding ortho intramolecular Hbond substituents is 1. The van der Waals surface area contributed by atoms with E-state index in [2.05, 4.69) is 15.8 Å². The fourth-order valence-corrected chi connectivity index (χ4v) is 1.95. The van der Waals surface area contributed by atoms with Crippen molar-refractivity contribution in [3.8, 4) is 17.2 Å². The Morgan fingerprint density at radius 2 is 1.68 bits per heavy atom. The van der Waals surface area contributed by atoms with Gasteiger partial charge in [-0.1, -0.05) is 18.2 Å². The maximum Gasteiger partial charge on any atom is 0.329 e. The van der Waals surface area contributed by atoms with Crippen molar-refractivity contribution in [2.45, 2.75) is 0 Å². The van der Waals surface area contributed by atoms with Crippen molar-refractivity contribution < 1.29 is 24.2 Å². The summed E-state index contributed by atoms with van der Waals surface area (Å²) in [6, 6.07) is 11.5. The molecule has 0 aliphatic carbocycles. The molecule has 0 unspecified atom stereocenters. The quantitative estimate of drug-likeness (QED) is 0.433. The second kappa shape index (κ2) is 8.34. The Labute approximate surface area is 144 Å². The molecule has 0 fully saturated rings. The number of phenols is 1. The summed E-state index contributed by atoms with van der Waals surface area (Å²) in [5.41, 5.74) is 2.76. The van der Waals surface area contributed by atoms with Crippen molar-refractivity contribution in [3.05, 3.63) is 48.0 Å². The molecule has 0 heterocycles. The number of para-hydroxylation sites is 3. The highest BCUT2D eigenvalue weighted by Crippen LogP contribution is 2.27. The number of rotatable bonds is 5. The number of ether oxygens (including phenoxy) is 2. The SMILES string of the molecule is COc1ccccc1NC(=O)C(=O)N/N=C/c1cccc(OC)c1O. The van der Waals surface area contributed by atoms with Crippen molar-refractivity contribution in [2.24, 2.45) is 5.10 Å². The van der Waals surface area contributed by atoms with Crippen LogP contribution in [0.15, 0.2) is 47.6 Å². The lowest BCUT2D eigenvalue weighted by Crippen LogP contribution is -2.32. The van der Waals surface area contributed by atoms with Gasteiger partial charge in [0.05, 0.1) is 26.1 Å². The first kappa shape index (κ1) is 17.8. The minimum atomic E-state index is -0.968. The molecular formula is C17H17N3O5. The number of anilines is 1. The molecule has 0 saturated heterocycles. The van der Waals surface area contributed by atoms with Gasteiger partial charge in [-0.3, -0.25) is 9.59 Å². The van der Waals surface area contributed by atoms with Gasteiger partial charge in [0.1, 0.15) is 5.75 Å². The van der Waals surface area contributed by atoms with Gasteiger partial charge >= 0.3 is 11.8 Å².